The summed E-state index contributed by atoms with van der Waals surface area (Å²) in [4.78, 5) is 38.6. The van der Waals surface area contributed by atoms with Gasteiger partial charge in [-0.2, -0.15) is 11.8 Å². The number of hydrazine groups is 1. The van der Waals surface area contributed by atoms with E-state index in [1.807, 2.05) is 30.0 Å². The minimum atomic E-state index is -0.220. The minimum absolute atomic E-state index is 0.170. The maximum absolute atomic E-state index is 12.6. The van der Waals surface area contributed by atoms with E-state index in [2.05, 4.69) is 21.7 Å². The number of hydrogen-bond donors (Lipinski definition) is 2. The van der Waals surface area contributed by atoms with Gasteiger partial charge in [-0.05, 0) is 42.0 Å². The van der Waals surface area contributed by atoms with Crippen molar-refractivity contribution in [3.63, 3.8) is 0 Å². The Bertz CT molecular complexity index is 942. The molecule has 156 valence electrons. The molecule has 0 spiro atoms. The molecule has 7 nitrogen and oxygen atoms in total. The highest BCUT2D eigenvalue weighted by Crippen LogP contribution is 2.20. The Hall–Kier alpha value is -2.84. The Morgan fingerprint density at radius 1 is 1.03 bits per heavy atom. The lowest BCUT2D eigenvalue weighted by Crippen LogP contribution is -2.50. The van der Waals surface area contributed by atoms with E-state index < -0.39 is 0 Å². The number of amides is 3. The third kappa shape index (κ3) is 5.01. The third-order valence-corrected chi connectivity index (χ3v) is 6.08. The molecular formula is C22H24N4O3S. The fraction of sp³-hybridized carbons (Fsp3) is 0.318. The van der Waals surface area contributed by atoms with Crippen molar-refractivity contribution in [2.75, 3.05) is 34.9 Å². The molecule has 0 bridgehead atoms. The zero-order chi connectivity index (χ0) is 20.9. The van der Waals surface area contributed by atoms with Crippen LogP contribution in [0.4, 0.5) is 11.4 Å². The Morgan fingerprint density at radius 3 is 2.57 bits per heavy atom. The maximum atomic E-state index is 12.6. The van der Waals surface area contributed by atoms with Crippen LogP contribution in [0, 0.1) is 0 Å². The molecule has 8 heteroatoms. The second kappa shape index (κ2) is 9.32. The number of nitrogens with zero attached hydrogens (tertiary/aromatic N) is 2. The van der Waals surface area contributed by atoms with E-state index in [-0.39, 0.29) is 30.6 Å². The van der Waals surface area contributed by atoms with Gasteiger partial charge in [-0.25, -0.2) is 5.01 Å². The largest absolute Gasteiger partial charge is 0.322 e. The zero-order valence-corrected chi connectivity index (χ0v) is 17.4. The van der Waals surface area contributed by atoms with Crippen molar-refractivity contribution < 1.29 is 14.4 Å². The summed E-state index contributed by atoms with van der Waals surface area (Å²) in [6, 6.07) is 14.5. The average Bonchev–Trinajstić information content (AvgIpc) is 2.76. The van der Waals surface area contributed by atoms with Crippen molar-refractivity contribution in [3.05, 3.63) is 59.7 Å². The Balaban J connectivity index is 1.39. The van der Waals surface area contributed by atoms with Gasteiger partial charge in [0, 0.05) is 55.2 Å². The van der Waals surface area contributed by atoms with Crippen LogP contribution in [0.1, 0.15) is 28.8 Å². The molecule has 0 radical (unpaired) electrons. The Labute approximate surface area is 179 Å². The first kappa shape index (κ1) is 20.4. The lowest BCUT2D eigenvalue weighted by Gasteiger charge is -2.27. The second-order valence-corrected chi connectivity index (χ2v) is 8.58. The number of benzene rings is 2. The monoisotopic (exact) mass is 424 g/mol. The molecule has 0 unspecified atom stereocenters. The molecular weight excluding hydrogens is 400 g/mol. The SMILES string of the molecule is O=C1CCC(=O)N(c2ccc(C(=O)Nc3cccc(CN4CCSCC4)c3)cc2)N1. The number of nitrogens with one attached hydrogen (secondary N) is 2. The van der Waals surface area contributed by atoms with Gasteiger partial charge in [0.05, 0.1) is 5.69 Å². The zero-order valence-electron chi connectivity index (χ0n) is 16.6. The fourth-order valence-corrected chi connectivity index (χ4v) is 4.49. The maximum Gasteiger partial charge on any atom is 0.255 e. The summed E-state index contributed by atoms with van der Waals surface area (Å²) >= 11 is 1.99. The molecule has 2 aromatic carbocycles. The molecule has 2 fully saturated rings. The topological polar surface area (TPSA) is 81.8 Å². The smallest absolute Gasteiger partial charge is 0.255 e. The molecule has 2 N–H and O–H groups in total. The van der Waals surface area contributed by atoms with Gasteiger partial charge < -0.3 is 5.32 Å². The van der Waals surface area contributed by atoms with Crippen molar-refractivity contribution in [2.45, 2.75) is 19.4 Å². The van der Waals surface area contributed by atoms with Crippen molar-refractivity contribution in [1.29, 1.82) is 0 Å². The van der Waals surface area contributed by atoms with E-state index in [1.54, 1.807) is 24.3 Å². The van der Waals surface area contributed by atoms with Crippen molar-refractivity contribution in [3.8, 4) is 0 Å². The van der Waals surface area contributed by atoms with Crippen LogP contribution in [-0.2, 0) is 16.1 Å². The van der Waals surface area contributed by atoms with Crippen molar-refractivity contribution >= 4 is 40.9 Å². The number of anilines is 2. The summed E-state index contributed by atoms with van der Waals surface area (Å²) in [5.74, 6) is 1.75. The van der Waals surface area contributed by atoms with Crippen LogP contribution < -0.4 is 15.8 Å². The number of carbonyl (C=O) groups excluding carboxylic acids is 3. The van der Waals surface area contributed by atoms with E-state index >= 15 is 0 Å². The molecule has 0 aliphatic carbocycles. The second-order valence-electron chi connectivity index (χ2n) is 7.35. The van der Waals surface area contributed by atoms with Crippen LogP contribution in [0.15, 0.2) is 48.5 Å². The first-order chi connectivity index (χ1) is 14.6. The fourth-order valence-electron chi connectivity index (χ4n) is 3.51. The first-order valence-electron chi connectivity index (χ1n) is 10.0. The van der Waals surface area contributed by atoms with Gasteiger partial charge in [-0.3, -0.25) is 24.7 Å². The predicted octanol–water partition coefficient (Wildman–Crippen LogP) is 2.65. The number of hydrogen-bond acceptors (Lipinski definition) is 5. The summed E-state index contributed by atoms with van der Waals surface area (Å²) in [6.07, 6.45) is 0.381. The van der Waals surface area contributed by atoms with E-state index in [4.69, 9.17) is 0 Å². The van der Waals surface area contributed by atoms with Crippen molar-refractivity contribution in [2.24, 2.45) is 0 Å². The van der Waals surface area contributed by atoms with E-state index in [9.17, 15) is 14.4 Å². The average molecular weight is 425 g/mol. The summed E-state index contributed by atoms with van der Waals surface area (Å²) in [7, 11) is 0. The van der Waals surface area contributed by atoms with E-state index in [0.717, 1.165) is 25.3 Å². The van der Waals surface area contributed by atoms with Crippen LogP contribution in [0.5, 0.6) is 0 Å². The number of carbonyl (C=O) groups is 3. The summed E-state index contributed by atoms with van der Waals surface area (Å²) in [5.41, 5.74) is 5.49. The summed E-state index contributed by atoms with van der Waals surface area (Å²) < 4.78 is 0. The lowest BCUT2D eigenvalue weighted by atomic mass is 10.1. The molecule has 0 atom stereocenters. The predicted molar refractivity (Wildman–Crippen MR) is 118 cm³/mol. The Morgan fingerprint density at radius 2 is 1.80 bits per heavy atom. The van der Waals surface area contributed by atoms with Crippen LogP contribution in [-0.4, -0.2) is 47.2 Å². The lowest BCUT2D eigenvalue weighted by molar-refractivity contribution is -0.130. The third-order valence-electron chi connectivity index (χ3n) is 5.13. The molecule has 2 heterocycles. The molecule has 0 saturated carbocycles. The first-order valence-corrected chi connectivity index (χ1v) is 11.2. The summed E-state index contributed by atoms with van der Waals surface area (Å²) in [6.45, 7) is 3.07. The molecule has 3 amide bonds. The van der Waals surface area contributed by atoms with E-state index in [1.165, 1.54) is 22.1 Å². The molecule has 2 aromatic rings. The van der Waals surface area contributed by atoms with Gasteiger partial charge in [-0.15, -0.1) is 0 Å². The molecule has 30 heavy (non-hydrogen) atoms. The molecule has 2 aliphatic heterocycles. The van der Waals surface area contributed by atoms with Gasteiger partial charge >= 0.3 is 0 Å². The van der Waals surface area contributed by atoms with E-state index in [0.29, 0.717) is 11.3 Å². The molecule has 4 rings (SSSR count). The van der Waals surface area contributed by atoms with Crippen LogP contribution in [0.2, 0.25) is 0 Å². The minimum Gasteiger partial charge on any atom is -0.322 e. The van der Waals surface area contributed by atoms with Gasteiger partial charge in [-0.1, -0.05) is 12.1 Å². The molecule has 0 aromatic heterocycles. The van der Waals surface area contributed by atoms with Gasteiger partial charge in [0.15, 0.2) is 0 Å². The highest BCUT2D eigenvalue weighted by molar-refractivity contribution is 7.99. The van der Waals surface area contributed by atoms with Crippen LogP contribution in [0.3, 0.4) is 0 Å². The van der Waals surface area contributed by atoms with Gasteiger partial charge in [0.2, 0.25) is 11.8 Å². The van der Waals surface area contributed by atoms with Gasteiger partial charge in [0.25, 0.3) is 5.91 Å². The van der Waals surface area contributed by atoms with Gasteiger partial charge in [0.1, 0.15) is 0 Å². The highest BCUT2D eigenvalue weighted by Gasteiger charge is 2.24. The highest BCUT2D eigenvalue weighted by atomic mass is 32.2. The normalized spacial score (nSPS) is 17.5. The molecule has 2 saturated heterocycles. The van der Waals surface area contributed by atoms with Crippen LogP contribution in [0.25, 0.3) is 0 Å². The van der Waals surface area contributed by atoms with Crippen molar-refractivity contribution in [1.82, 2.24) is 10.3 Å². The molecule has 2 aliphatic rings. The number of rotatable bonds is 5. The quantitative estimate of drug-likeness (QED) is 0.771. The Kier molecular flexibility index (Phi) is 6.35. The van der Waals surface area contributed by atoms with Crippen LogP contribution >= 0.6 is 11.8 Å². The summed E-state index contributed by atoms with van der Waals surface area (Å²) in [5, 5.41) is 4.17. The number of thioether (sulfide) groups is 1. The standard InChI is InChI=1S/C22H24N4O3S/c27-20-8-9-21(28)26(24-20)19-6-4-17(5-7-19)22(29)23-18-3-1-2-16(14-18)15-25-10-12-30-13-11-25/h1-7,14H,8-13,15H2,(H,23,29)(H,24,27).